The molecule has 0 aliphatic heterocycles. The highest BCUT2D eigenvalue weighted by atomic mass is 16.2. The summed E-state index contributed by atoms with van der Waals surface area (Å²) in [6, 6.07) is 14.3. The van der Waals surface area contributed by atoms with Crippen molar-refractivity contribution in [1.29, 1.82) is 0 Å². The van der Waals surface area contributed by atoms with Gasteiger partial charge in [0.1, 0.15) is 0 Å². The van der Waals surface area contributed by atoms with Crippen molar-refractivity contribution in [3.8, 4) is 0 Å². The molecule has 3 nitrogen and oxygen atoms in total. The number of fused-ring (bicyclic) bond motifs is 1. The van der Waals surface area contributed by atoms with Crippen LogP contribution in [-0.2, 0) is 4.79 Å². The van der Waals surface area contributed by atoms with Crippen molar-refractivity contribution in [3.05, 3.63) is 48.0 Å². The maximum atomic E-state index is 12.0. The number of carbonyl (C=O) groups excluding carboxylic acids is 1. The first-order valence-electron chi connectivity index (χ1n) is 12.1. The standard InChI is InChI=1S/C27H40N2O/c1-2-3-4-5-6-7-8-9-10-11-12-13-14-22-27(30)29-28-23-25-20-17-19-24-18-15-16-21-26(24)25/h15-21,23H,2-14,22H2,1H3,(H,29,30)/b28-23-. The first-order chi connectivity index (χ1) is 14.8. The van der Waals surface area contributed by atoms with E-state index in [9.17, 15) is 4.79 Å². The first kappa shape index (κ1) is 24.1. The van der Waals surface area contributed by atoms with Gasteiger partial charge in [-0.25, -0.2) is 5.43 Å². The molecule has 1 N–H and O–H groups in total. The molecule has 2 rings (SSSR count). The Balaban J connectivity index is 1.46. The number of carbonyl (C=O) groups is 1. The van der Waals surface area contributed by atoms with Crippen LogP contribution < -0.4 is 5.43 Å². The summed E-state index contributed by atoms with van der Waals surface area (Å²) in [5.74, 6) is 0.00885. The minimum atomic E-state index is 0.00885. The van der Waals surface area contributed by atoms with Crippen LogP contribution in [-0.4, -0.2) is 12.1 Å². The highest BCUT2D eigenvalue weighted by Crippen LogP contribution is 2.17. The molecule has 0 atom stereocenters. The largest absolute Gasteiger partial charge is 0.273 e. The Kier molecular flexibility index (Phi) is 12.6. The molecule has 2 aromatic rings. The van der Waals surface area contributed by atoms with Gasteiger partial charge < -0.3 is 0 Å². The third-order valence-corrected chi connectivity index (χ3v) is 5.72. The van der Waals surface area contributed by atoms with Gasteiger partial charge in [-0.15, -0.1) is 0 Å². The molecule has 30 heavy (non-hydrogen) atoms. The first-order valence-corrected chi connectivity index (χ1v) is 12.1. The van der Waals surface area contributed by atoms with Crippen molar-refractivity contribution in [1.82, 2.24) is 5.43 Å². The summed E-state index contributed by atoms with van der Waals surface area (Å²) < 4.78 is 0. The lowest BCUT2D eigenvalue weighted by molar-refractivity contribution is -0.121. The van der Waals surface area contributed by atoms with Crippen LogP contribution in [0.2, 0.25) is 0 Å². The Labute approximate surface area is 183 Å². The van der Waals surface area contributed by atoms with E-state index in [0.717, 1.165) is 23.8 Å². The van der Waals surface area contributed by atoms with E-state index in [1.165, 1.54) is 76.0 Å². The normalized spacial score (nSPS) is 11.4. The zero-order chi connectivity index (χ0) is 21.3. The van der Waals surface area contributed by atoms with Gasteiger partial charge in [-0.05, 0) is 17.2 Å². The lowest BCUT2D eigenvalue weighted by Crippen LogP contribution is -2.16. The Bertz CT molecular complexity index is 748. The van der Waals surface area contributed by atoms with Crippen LogP contribution in [0.1, 0.15) is 102 Å². The van der Waals surface area contributed by atoms with Gasteiger partial charge in [0, 0.05) is 12.0 Å². The summed E-state index contributed by atoms with van der Waals surface area (Å²) in [5, 5.41) is 6.48. The van der Waals surface area contributed by atoms with Gasteiger partial charge in [-0.3, -0.25) is 4.79 Å². The number of hydrazone groups is 1. The highest BCUT2D eigenvalue weighted by molar-refractivity contribution is 5.99. The fourth-order valence-electron chi connectivity index (χ4n) is 3.90. The van der Waals surface area contributed by atoms with E-state index in [1.54, 1.807) is 6.21 Å². The van der Waals surface area contributed by atoms with Gasteiger partial charge in [0.2, 0.25) is 5.91 Å². The van der Waals surface area contributed by atoms with E-state index in [4.69, 9.17) is 0 Å². The molecule has 0 aromatic heterocycles. The molecule has 0 fully saturated rings. The van der Waals surface area contributed by atoms with Crippen LogP contribution in [0.25, 0.3) is 10.8 Å². The van der Waals surface area contributed by atoms with Crippen molar-refractivity contribution >= 4 is 22.9 Å². The van der Waals surface area contributed by atoms with Crippen molar-refractivity contribution in [2.45, 2.75) is 96.8 Å². The van der Waals surface area contributed by atoms with Gasteiger partial charge in [-0.2, -0.15) is 5.10 Å². The van der Waals surface area contributed by atoms with Crippen molar-refractivity contribution in [3.63, 3.8) is 0 Å². The number of nitrogens with one attached hydrogen (secondary N) is 1. The molecule has 0 radical (unpaired) electrons. The van der Waals surface area contributed by atoms with Crippen LogP contribution in [0.15, 0.2) is 47.6 Å². The lowest BCUT2D eigenvalue weighted by atomic mass is 10.0. The fourth-order valence-corrected chi connectivity index (χ4v) is 3.90. The predicted octanol–water partition coefficient (Wildman–Crippen LogP) is 7.77. The third kappa shape index (κ3) is 10.0. The molecule has 0 bridgehead atoms. The second-order valence-corrected chi connectivity index (χ2v) is 8.35. The van der Waals surface area contributed by atoms with E-state index in [2.05, 4.69) is 35.7 Å². The Morgan fingerprint density at radius 2 is 1.33 bits per heavy atom. The summed E-state index contributed by atoms with van der Waals surface area (Å²) in [4.78, 5) is 12.0. The summed E-state index contributed by atoms with van der Waals surface area (Å²) >= 11 is 0. The number of amides is 1. The number of unbranched alkanes of at least 4 members (excludes halogenated alkanes) is 12. The Hall–Kier alpha value is -2.16. The Morgan fingerprint density at radius 3 is 2.00 bits per heavy atom. The SMILES string of the molecule is CCCCCCCCCCCCCCCC(=O)N/N=C\c1cccc2ccccc12. The van der Waals surface area contributed by atoms with Gasteiger partial charge in [0.15, 0.2) is 0 Å². The number of nitrogens with zero attached hydrogens (tertiary/aromatic N) is 1. The van der Waals surface area contributed by atoms with Gasteiger partial charge in [0.05, 0.1) is 6.21 Å². The van der Waals surface area contributed by atoms with E-state index in [0.29, 0.717) is 6.42 Å². The lowest BCUT2D eigenvalue weighted by Gasteiger charge is -2.03. The van der Waals surface area contributed by atoms with Crippen LogP contribution in [0.4, 0.5) is 0 Å². The topological polar surface area (TPSA) is 41.5 Å². The van der Waals surface area contributed by atoms with Crippen LogP contribution >= 0.6 is 0 Å². The minimum absolute atomic E-state index is 0.00885. The van der Waals surface area contributed by atoms with Gasteiger partial charge in [0.25, 0.3) is 0 Å². The van der Waals surface area contributed by atoms with Gasteiger partial charge in [-0.1, -0.05) is 126 Å². The molecular formula is C27H40N2O. The molecule has 0 saturated heterocycles. The average Bonchev–Trinajstić information content (AvgIpc) is 2.77. The molecule has 2 aromatic carbocycles. The number of hydrogen-bond acceptors (Lipinski definition) is 2. The molecule has 0 heterocycles. The monoisotopic (exact) mass is 408 g/mol. The average molecular weight is 409 g/mol. The zero-order valence-corrected chi connectivity index (χ0v) is 18.9. The number of rotatable bonds is 16. The molecule has 0 spiro atoms. The third-order valence-electron chi connectivity index (χ3n) is 5.72. The quantitative estimate of drug-likeness (QED) is 0.172. The maximum absolute atomic E-state index is 12.0. The molecule has 0 saturated carbocycles. The molecule has 0 unspecified atom stereocenters. The second kappa shape index (κ2) is 15.6. The van der Waals surface area contributed by atoms with E-state index in [-0.39, 0.29) is 5.91 Å². The maximum Gasteiger partial charge on any atom is 0.240 e. The summed E-state index contributed by atoms with van der Waals surface area (Å²) in [6.07, 6.45) is 19.4. The van der Waals surface area contributed by atoms with Crippen LogP contribution in [0.5, 0.6) is 0 Å². The van der Waals surface area contributed by atoms with E-state index < -0.39 is 0 Å². The summed E-state index contributed by atoms with van der Waals surface area (Å²) in [7, 11) is 0. The zero-order valence-electron chi connectivity index (χ0n) is 18.9. The molecule has 0 aliphatic carbocycles. The summed E-state index contributed by atoms with van der Waals surface area (Å²) in [5.41, 5.74) is 3.69. The smallest absolute Gasteiger partial charge is 0.240 e. The van der Waals surface area contributed by atoms with E-state index in [1.807, 2.05) is 24.3 Å². The van der Waals surface area contributed by atoms with Crippen LogP contribution in [0, 0.1) is 0 Å². The predicted molar refractivity (Wildman–Crippen MR) is 130 cm³/mol. The fraction of sp³-hybridized carbons (Fsp3) is 0.556. The minimum Gasteiger partial charge on any atom is -0.273 e. The molecular weight excluding hydrogens is 368 g/mol. The Morgan fingerprint density at radius 1 is 0.767 bits per heavy atom. The van der Waals surface area contributed by atoms with Crippen molar-refractivity contribution in [2.75, 3.05) is 0 Å². The molecule has 164 valence electrons. The van der Waals surface area contributed by atoms with Crippen LogP contribution in [0.3, 0.4) is 0 Å². The van der Waals surface area contributed by atoms with Gasteiger partial charge >= 0.3 is 0 Å². The molecule has 1 amide bonds. The van der Waals surface area contributed by atoms with Crippen molar-refractivity contribution in [2.24, 2.45) is 5.10 Å². The van der Waals surface area contributed by atoms with Crippen molar-refractivity contribution < 1.29 is 4.79 Å². The van der Waals surface area contributed by atoms with E-state index >= 15 is 0 Å². The molecule has 3 heteroatoms. The summed E-state index contributed by atoms with van der Waals surface area (Å²) in [6.45, 7) is 2.27. The highest BCUT2D eigenvalue weighted by Gasteiger charge is 2.01. The molecule has 0 aliphatic rings. The number of benzene rings is 2. The number of hydrogen-bond donors (Lipinski definition) is 1. The second-order valence-electron chi connectivity index (χ2n) is 8.35.